The second-order valence-electron chi connectivity index (χ2n) is 4.67. The van der Waals surface area contributed by atoms with Crippen molar-refractivity contribution in [3.05, 3.63) is 69.1 Å². The van der Waals surface area contributed by atoms with Crippen molar-refractivity contribution < 1.29 is 8.81 Å². The smallest absolute Gasteiger partial charge is 0.148 e. The van der Waals surface area contributed by atoms with E-state index in [9.17, 15) is 4.39 Å². The van der Waals surface area contributed by atoms with Crippen molar-refractivity contribution in [1.29, 1.82) is 0 Å². The molecule has 0 saturated carbocycles. The molecule has 0 bridgehead atoms. The van der Waals surface area contributed by atoms with Crippen LogP contribution in [-0.2, 0) is 0 Å². The van der Waals surface area contributed by atoms with Gasteiger partial charge in [0, 0.05) is 21.0 Å². The number of hydrogen-bond donors (Lipinski definition) is 1. The van der Waals surface area contributed by atoms with Crippen molar-refractivity contribution in [3.63, 3.8) is 0 Å². The lowest BCUT2D eigenvalue weighted by atomic mass is 9.98. The molecule has 0 amide bonds. The van der Waals surface area contributed by atoms with Gasteiger partial charge in [-0.3, -0.25) is 0 Å². The van der Waals surface area contributed by atoms with E-state index in [1.54, 1.807) is 25.4 Å². The van der Waals surface area contributed by atoms with Gasteiger partial charge in [0.2, 0.25) is 0 Å². The Kier molecular flexibility index (Phi) is 4.02. The summed E-state index contributed by atoms with van der Waals surface area (Å²) in [6, 6.07) is 10.8. The van der Waals surface area contributed by atoms with Crippen LogP contribution in [0.5, 0.6) is 0 Å². The zero-order valence-electron chi connectivity index (χ0n) is 11.2. The Morgan fingerprint density at radius 3 is 2.71 bits per heavy atom. The second-order valence-corrected chi connectivity index (χ2v) is 5.91. The largest absolute Gasteiger partial charge is 0.464 e. The molecule has 1 unspecified atom stereocenters. The normalized spacial score (nSPS) is 12.8. The van der Waals surface area contributed by atoms with Crippen molar-refractivity contribution in [2.24, 2.45) is 0 Å². The summed E-state index contributed by atoms with van der Waals surface area (Å²) >= 11 is 9.22. The van der Waals surface area contributed by atoms with Crippen molar-refractivity contribution in [3.8, 4) is 0 Å². The van der Waals surface area contributed by atoms with Gasteiger partial charge in [-0.15, -0.1) is 0 Å². The van der Waals surface area contributed by atoms with Crippen LogP contribution in [0, 0.1) is 5.82 Å². The summed E-state index contributed by atoms with van der Waals surface area (Å²) in [5.74, 6) is -0.435. The Morgan fingerprint density at radius 1 is 1.19 bits per heavy atom. The fourth-order valence-electron chi connectivity index (χ4n) is 2.46. The lowest BCUT2D eigenvalue weighted by Gasteiger charge is -2.17. The first-order valence-corrected chi connectivity index (χ1v) is 7.57. The van der Waals surface area contributed by atoms with E-state index in [-0.39, 0.29) is 11.1 Å². The quantitative estimate of drug-likeness (QED) is 0.635. The first-order valence-electron chi connectivity index (χ1n) is 6.40. The van der Waals surface area contributed by atoms with Crippen LogP contribution in [0.25, 0.3) is 11.0 Å². The molecule has 3 rings (SSSR count). The monoisotopic (exact) mass is 367 g/mol. The molecular weight excluding hydrogens is 357 g/mol. The van der Waals surface area contributed by atoms with E-state index in [2.05, 4.69) is 21.2 Å². The SMILES string of the molecule is CNC(c1ccc(Br)c(Cl)c1F)c1coc2ccccc12. The predicted octanol–water partition coefficient (Wildman–Crippen LogP) is 5.30. The van der Waals surface area contributed by atoms with Crippen LogP contribution in [0.4, 0.5) is 4.39 Å². The van der Waals surface area contributed by atoms with Gasteiger partial charge in [0.15, 0.2) is 0 Å². The van der Waals surface area contributed by atoms with Crippen LogP contribution in [0.2, 0.25) is 5.02 Å². The van der Waals surface area contributed by atoms with Gasteiger partial charge >= 0.3 is 0 Å². The van der Waals surface area contributed by atoms with Gasteiger partial charge < -0.3 is 9.73 Å². The molecular formula is C16H12BrClFNO. The van der Waals surface area contributed by atoms with Crippen LogP contribution in [0.3, 0.4) is 0 Å². The summed E-state index contributed by atoms with van der Waals surface area (Å²) in [5.41, 5.74) is 2.14. The molecule has 108 valence electrons. The van der Waals surface area contributed by atoms with E-state index in [0.29, 0.717) is 10.0 Å². The maximum Gasteiger partial charge on any atom is 0.148 e. The third-order valence-electron chi connectivity index (χ3n) is 3.49. The molecule has 0 aliphatic rings. The molecule has 1 N–H and O–H groups in total. The van der Waals surface area contributed by atoms with Crippen LogP contribution in [-0.4, -0.2) is 7.05 Å². The summed E-state index contributed by atoms with van der Waals surface area (Å²) in [6.07, 6.45) is 1.65. The molecule has 1 aromatic heterocycles. The van der Waals surface area contributed by atoms with Crippen LogP contribution in [0.15, 0.2) is 51.6 Å². The minimum atomic E-state index is -0.435. The summed E-state index contributed by atoms with van der Waals surface area (Å²) in [4.78, 5) is 0. The number of nitrogens with one attached hydrogen (secondary N) is 1. The average Bonchev–Trinajstić information content (AvgIpc) is 2.92. The maximum atomic E-state index is 14.5. The van der Waals surface area contributed by atoms with Gasteiger partial charge in [0.05, 0.1) is 17.3 Å². The number of rotatable bonds is 3. The highest BCUT2D eigenvalue weighted by Crippen LogP contribution is 2.35. The van der Waals surface area contributed by atoms with Gasteiger partial charge in [-0.05, 0) is 35.1 Å². The van der Waals surface area contributed by atoms with E-state index >= 15 is 0 Å². The molecule has 1 heterocycles. The molecule has 0 spiro atoms. The summed E-state index contributed by atoms with van der Waals surface area (Å²) < 4.78 is 20.5. The number of hydrogen-bond acceptors (Lipinski definition) is 2. The number of fused-ring (bicyclic) bond motifs is 1. The summed E-state index contributed by atoms with van der Waals surface area (Å²) in [7, 11) is 1.78. The molecule has 0 fully saturated rings. The highest BCUT2D eigenvalue weighted by Gasteiger charge is 2.22. The molecule has 2 aromatic carbocycles. The van der Waals surface area contributed by atoms with Crippen LogP contribution < -0.4 is 5.32 Å². The van der Waals surface area contributed by atoms with E-state index < -0.39 is 5.82 Å². The number of para-hydroxylation sites is 1. The third-order valence-corrected chi connectivity index (χ3v) is 4.75. The predicted molar refractivity (Wildman–Crippen MR) is 86.2 cm³/mol. The van der Waals surface area contributed by atoms with E-state index in [0.717, 1.165) is 16.5 Å². The number of benzene rings is 2. The fourth-order valence-corrected chi connectivity index (χ4v) is 2.94. The summed E-state index contributed by atoms with van der Waals surface area (Å²) in [5, 5.41) is 4.16. The van der Waals surface area contributed by atoms with Crippen LogP contribution in [0.1, 0.15) is 17.2 Å². The number of furan rings is 1. The van der Waals surface area contributed by atoms with Crippen LogP contribution >= 0.6 is 27.5 Å². The summed E-state index contributed by atoms with van der Waals surface area (Å²) in [6.45, 7) is 0. The Morgan fingerprint density at radius 2 is 1.95 bits per heavy atom. The van der Waals surface area contributed by atoms with Gasteiger partial charge in [-0.25, -0.2) is 4.39 Å². The Balaban J connectivity index is 2.17. The minimum absolute atomic E-state index is 0.0838. The molecule has 0 aliphatic heterocycles. The molecule has 2 nitrogen and oxygen atoms in total. The second kappa shape index (κ2) is 5.79. The van der Waals surface area contributed by atoms with Crippen molar-refractivity contribution >= 4 is 38.5 Å². The zero-order chi connectivity index (χ0) is 15.0. The third kappa shape index (κ3) is 2.48. The molecule has 0 radical (unpaired) electrons. The van der Waals surface area contributed by atoms with Crippen molar-refractivity contribution in [1.82, 2.24) is 5.32 Å². The first-order chi connectivity index (χ1) is 10.1. The molecule has 21 heavy (non-hydrogen) atoms. The lowest BCUT2D eigenvalue weighted by molar-refractivity contribution is 0.565. The highest BCUT2D eigenvalue weighted by atomic mass is 79.9. The van der Waals surface area contributed by atoms with E-state index in [4.69, 9.17) is 16.0 Å². The molecule has 3 aromatic rings. The van der Waals surface area contributed by atoms with Gasteiger partial charge in [0.25, 0.3) is 0 Å². The van der Waals surface area contributed by atoms with Gasteiger partial charge in [0.1, 0.15) is 11.4 Å². The molecule has 5 heteroatoms. The standard InChI is InChI=1S/C16H12BrClFNO/c1-20-16(10-6-7-12(17)14(18)15(10)19)11-8-21-13-5-3-2-4-9(11)13/h2-8,16,20H,1H3. The first kappa shape index (κ1) is 14.6. The maximum absolute atomic E-state index is 14.5. The van der Waals surface area contributed by atoms with E-state index in [1.165, 1.54) is 0 Å². The lowest BCUT2D eigenvalue weighted by Crippen LogP contribution is -2.18. The van der Waals surface area contributed by atoms with Crippen molar-refractivity contribution in [2.45, 2.75) is 6.04 Å². The highest BCUT2D eigenvalue weighted by molar-refractivity contribution is 9.10. The van der Waals surface area contributed by atoms with Crippen molar-refractivity contribution in [2.75, 3.05) is 7.05 Å². The molecule has 0 saturated heterocycles. The Hall–Kier alpha value is -1.36. The van der Waals surface area contributed by atoms with Gasteiger partial charge in [-0.2, -0.15) is 0 Å². The topological polar surface area (TPSA) is 25.2 Å². The number of halogens is 3. The Bertz CT molecular complexity index is 802. The molecule has 1 atom stereocenters. The van der Waals surface area contributed by atoms with E-state index in [1.807, 2.05) is 24.3 Å². The molecule has 0 aliphatic carbocycles. The Labute approximate surface area is 135 Å². The minimum Gasteiger partial charge on any atom is -0.464 e. The fraction of sp³-hybridized carbons (Fsp3) is 0.125. The zero-order valence-corrected chi connectivity index (χ0v) is 13.5. The van der Waals surface area contributed by atoms with Gasteiger partial charge in [-0.1, -0.05) is 35.9 Å². The average molecular weight is 369 g/mol.